The van der Waals surface area contributed by atoms with Crippen LogP contribution in [0.15, 0.2) is 0 Å². The van der Waals surface area contributed by atoms with Crippen LogP contribution in [0.5, 0.6) is 0 Å². The lowest BCUT2D eigenvalue weighted by Crippen LogP contribution is -2.47. The average Bonchev–Trinajstić information content (AvgIpc) is 2.83. The van der Waals surface area contributed by atoms with Crippen LogP contribution in [0.3, 0.4) is 0 Å². The van der Waals surface area contributed by atoms with Crippen molar-refractivity contribution in [2.45, 2.75) is 52.1 Å². The highest BCUT2D eigenvalue weighted by atomic mass is 32.1. The van der Waals surface area contributed by atoms with E-state index >= 15 is 0 Å². The number of likely N-dealkylation sites (tertiary alicyclic amines) is 1. The Morgan fingerprint density at radius 1 is 1.50 bits per heavy atom. The Balaban J connectivity index is 2.33. The average molecular weight is 267 g/mol. The van der Waals surface area contributed by atoms with E-state index < -0.39 is 0 Å². The van der Waals surface area contributed by atoms with Crippen LogP contribution in [0.1, 0.15) is 42.8 Å². The molecule has 0 spiro atoms. The van der Waals surface area contributed by atoms with Crippen molar-refractivity contribution in [3.63, 3.8) is 0 Å². The molecule has 2 heterocycles. The number of hydrogen-bond donors (Lipinski definition) is 1. The number of nitrogens with one attached hydrogen (secondary N) is 1. The van der Waals surface area contributed by atoms with E-state index in [1.165, 1.54) is 15.6 Å². The highest BCUT2D eigenvalue weighted by Crippen LogP contribution is 2.35. The first kappa shape index (κ1) is 14.0. The number of aromatic nitrogens is 1. The SMILES string of the molecule is CCc1nc(C2(NC(C)C)CCN(C)C2)sc1C. The van der Waals surface area contributed by atoms with Gasteiger partial charge in [-0.25, -0.2) is 4.98 Å². The fourth-order valence-electron chi connectivity index (χ4n) is 2.87. The summed E-state index contributed by atoms with van der Waals surface area (Å²) in [6, 6.07) is 0.491. The van der Waals surface area contributed by atoms with Crippen molar-refractivity contribution in [2.24, 2.45) is 0 Å². The van der Waals surface area contributed by atoms with Gasteiger partial charge in [0.05, 0.1) is 11.2 Å². The molecular weight excluding hydrogens is 242 g/mol. The fourth-order valence-corrected chi connectivity index (χ4v) is 4.04. The molecule has 2 rings (SSSR count). The maximum atomic E-state index is 4.90. The summed E-state index contributed by atoms with van der Waals surface area (Å²) < 4.78 is 0. The lowest BCUT2D eigenvalue weighted by molar-refractivity contribution is 0.294. The molecule has 0 saturated carbocycles. The van der Waals surface area contributed by atoms with Crippen molar-refractivity contribution in [1.82, 2.24) is 15.2 Å². The van der Waals surface area contributed by atoms with Gasteiger partial charge >= 0.3 is 0 Å². The molecule has 1 N–H and O–H groups in total. The third-order valence-corrected chi connectivity index (χ3v) is 4.88. The topological polar surface area (TPSA) is 28.2 Å². The van der Waals surface area contributed by atoms with Crippen molar-refractivity contribution in [1.29, 1.82) is 0 Å². The number of rotatable bonds is 4. The molecule has 0 bridgehead atoms. The predicted octanol–water partition coefficient (Wildman–Crippen LogP) is 2.54. The van der Waals surface area contributed by atoms with Gasteiger partial charge < -0.3 is 10.2 Å². The summed E-state index contributed by atoms with van der Waals surface area (Å²) in [5.74, 6) is 0. The summed E-state index contributed by atoms with van der Waals surface area (Å²) in [6.07, 6.45) is 2.20. The normalized spacial score (nSPS) is 25.2. The zero-order valence-electron chi connectivity index (χ0n) is 12.2. The van der Waals surface area contributed by atoms with Gasteiger partial charge in [-0.15, -0.1) is 11.3 Å². The summed E-state index contributed by atoms with van der Waals surface area (Å²) in [4.78, 5) is 8.68. The van der Waals surface area contributed by atoms with Crippen LogP contribution in [0.25, 0.3) is 0 Å². The Morgan fingerprint density at radius 3 is 2.67 bits per heavy atom. The van der Waals surface area contributed by atoms with E-state index in [0.717, 1.165) is 25.9 Å². The van der Waals surface area contributed by atoms with Crippen molar-refractivity contribution in [3.8, 4) is 0 Å². The maximum absolute atomic E-state index is 4.90. The molecule has 1 aliphatic heterocycles. The van der Waals surface area contributed by atoms with Gasteiger partial charge in [0.2, 0.25) is 0 Å². The molecule has 0 aromatic carbocycles. The first-order valence-corrected chi connectivity index (χ1v) is 7.71. The van der Waals surface area contributed by atoms with Crippen molar-refractivity contribution < 1.29 is 0 Å². The highest BCUT2D eigenvalue weighted by molar-refractivity contribution is 7.11. The van der Waals surface area contributed by atoms with E-state index in [4.69, 9.17) is 4.98 Å². The third-order valence-electron chi connectivity index (χ3n) is 3.66. The summed E-state index contributed by atoms with van der Waals surface area (Å²) in [7, 11) is 2.20. The smallest absolute Gasteiger partial charge is 0.115 e. The number of thiazole rings is 1. The number of aryl methyl sites for hydroxylation is 2. The van der Waals surface area contributed by atoms with E-state index in [-0.39, 0.29) is 5.54 Å². The molecule has 3 nitrogen and oxygen atoms in total. The largest absolute Gasteiger partial charge is 0.304 e. The molecule has 4 heteroatoms. The van der Waals surface area contributed by atoms with Gasteiger partial charge in [-0.2, -0.15) is 0 Å². The lowest BCUT2D eigenvalue weighted by Gasteiger charge is -2.30. The van der Waals surface area contributed by atoms with E-state index in [1.54, 1.807) is 0 Å². The summed E-state index contributed by atoms with van der Waals surface area (Å²) in [5, 5.41) is 5.06. The third kappa shape index (κ3) is 2.60. The molecule has 18 heavy (non-hydrogen) atoms. The minimum atomic E-state index is 0.0752. The van der Waals surface area contributed by atoms with Crippen LogP contribution in [0.4, 0.5) is 0 Å². The second-order valence-electron chi connectivity index (χ2n) is 5.74. The van der Waals surface area contributed by atoms with Gasteiger partial charge in [0.25, 0.3) is 0 Å². The summed E-state index contributed by atoms with van der Waals surface area (Å²) in [6.45, 7) is 11.1. The Kier molecular flexibility index (Phi) is 4.09. The Morgan fingerprint density at radius 2 is 2.22 bits per heavy atom. The van der Waals surface area contributed by atoms with Gasteiger partial charge in [0, 0.05) is 24.0 Å². The second-order valence-corrected chi connectivity index (χ2v) is 6.95. The Labute approximate surface area is 115 Å². The fraction of sp³-hybridized carbons (Fsp3) is 0.786. The standard InChI is InChI=1S/C14H25N3S/c1-6-12-11(4)18-13(15-12)14(16-10(2)3)7-8-17(5)9-14/h10,16H,6-9H2,1-5H3. The minimum Gasteiger partial charge on any atom is -0.304 e. The molecule has 1 fully saturated rings. The molecule has 1 saturated heterocycles. The van der Waals surface area contributed by atoms with Crippen molar-refractivity contribution in [3.05, 3.63) is 15.6 Å². The van der Waals surface area contributed by atoms with Crippen LogP contribution in [-0.4, -0.2) is 36.1 Å². The van der Waals surface area contributed by atoms with E-state index in [2.05, 4.69) is 45.0 Å². The van der Waals surface area contributed by atoms with Crippen molar-refractivity contribution in [2.75, 3.05) is 20.1 Å². The molecule has 1 aromatic heterocycles. The van der Waals surface area contributed by atoms with Crippen LogP contribution in [-0.2, 0) is 12.0 Å². The molecule has 0 amide bonds. The zero-order valence-corrected chi connectivity index (χ0v) is 13.0. The number of hydrogen-bond acceptors (Lipinski definition) is 4. The highest BCUT2D eigenvalue weighted by Gasteiger charge is 2.41. The number of likely N-dealkylation sites (N-methyl/N-ethyl adjacent to an activating group) is 1. The molecular formula is C14H25N3S. The first-order chi connectivity index (χ1) is 8.47. The van der Waals surface area contributed by atoms with Gasteiger partial charge in [-0.05, 0) is 40.7 Å². The maximum Gasteiger partial charge on any atom is 0.115 e. The summed E-state index contributed by atoms with van der Waals surface area (Å²) in [5.41, 5.74) is 1.35. The van der Waals surface area contributed by atoms with Crippen LogP contribution < -0.4 is 5.32 Å². The molecule has 0 radical (unpaired) electrons. The quantitative estimate of drug-likeness (QED) is 0.908. The Hall–Kier alpha value is -0.450. The monoisotopic (exact) mass is 267 g/mol. The Bertz CT molecular complexity index is 413. The van der Waals surface area contributed by atoms with E-state index in [0.29, 0.717) is 6.04 Å². The van der Waals surface area contributed by atoms with Gasteiger partial charge in [-0.1, -0.05) is 6.92 Å². The molecule has 1 unspecified atom stereocenters. The van der Waals surface area contributed by atoms with Crippen LogP contribution in [0.2, 0.25) is 0 Å². The zero-order chi connectivity index (χ0) is 13.3. The van der Waals surface area contributed by atoms with Gasteiger partial charge in [0.15, 0.2) is 0 Å². The van der Waals surface area contributed by atoms with Gasteiger partial charge in [0.1, 0.15) is 5.01 Å². The predicted molar refractivity (Wildman–Crippen MR) is 78.3 cm³/mol. The molecule has 1 aliphatic rings. The van der Waals surface area contributed by atoms with E-state index in [1.807, 2.05) is 11.3 Å². The molecule has 1 aromatic rings. The van der Waals surface area contributed by atoms with Crippen LogP contribution >= 0.6 is 11.3 Å². The lowest BCUT2D eigenvalue weighted by atomic mass is 9.98. The number of nitrogens with zero attached hydrogens (tertiary/aromatic N) is 2. The molecule has 1 atom stereocenters. The molecule has 0 aliphatic carbocycles. The van der Waals surface area contributed by atoms with E-state index in [9.17, 15) is 0 Å². The van der Waals surface area contributed by atoms with Crippen molar-refractivity contribution >= 4 is 11.3 Å². The van der Waals surface area contributed by atoms with Gasteiger partial charge in [-0.3, -0.25) is 0 Å². The summed E-state index contributed by atoms with van der Waals surface area (Å²) >= 11 is 1.88. The minimum absolute atomic E-state index is 0.0752. The van der Waals surface area contributed by atoms with Crippen LogP contribution in [0, 0.1) is 6.92 Å². The molecule has 102 valence electrons. The second kappa shape index (κ2) is 5.27. The first-order valence-electron chi connectivity index (χ1n) is 6.90.